The summed E-state index contributed by atoms with van der Waals surface area (Å²) in [7, 11) is 0. The van der Waals surface area contributed by atoms with Gasteiger partial charge in [-0.15, -0.1) is 0 Å². The molecule has 1 heterocycles. The summed E-state index contributed by atoms with van der Waals surface area (Å²) in [6.07, 6.45) is 1.74. The van der Waals surface area contributed by atoms with Crippen LogP contribution in [0.1, 0.15) is 26.2 Å². The van der Waals surface area contributed by atoms with Crippen LogP contribution in [-0.2, 0) is 4.79 Å². The first-order valence-corrected chi connectivity index (χ1v) is 5.91. The highest BCUT2D eigenvalue weighted by Gasteiger charge is 2.24. The molecule has 1 aliphatic rings. The van der Waals surface area contributed by atoms with Crippen molar-refractivity contribution in [2.24, 2.45) is 5.92 Å². The topological polar surface area (TPSA) is 89.9 Å². The second-order valence-corrected chi connectivity index (χ2v) is 4.59. The highest BCUT2D eigenvalue weighted by Crippen LogP contribution is 2.15. The van der Waals surface area contributed by atoms with Gasteiger partial charge in [0, 0.05) is 25.7 Å². The Balaban J connectivity index is 2.38. The summed E-state index contributed by atoms with van der Waals surface area (Å²) in [5.41, 5.74) is 0. The molecule has 2 amide bonds. The maximum atomic E-state index is 11.8. The number of likely N-dealkylation sites (tertiary alicyclic amines) is 1. The highest BCUT2D eigenvalue weighted by molar-refractivity contribution is 5.76. The molecule has 0 aliphatic carbocycles. The second-order valence-electron chi connectivity index (χ2n) is 4.59. The highest BCUT2D eigenvalue weighted by atomic mass is 16.4. The summed E-state index contributed by atoms with van der Waals surface area (Å²) in [6.45, 7) is 2.97. The Labute approximate surface area is 101 Å². The van der Waals surface area contributed by atoms with E-state index >= 15 is 0 Å². The monoisotopic (exact) mass is 244 g/mol. The fraction of sp³-hybridized carbons (Fsp3) is 0.818. The number of hydrogen-bond donors (Lipinski definition) is 3. The fourth-order valence-corrected chi connectivity index (χ4v) is 2.01. The van der Waals surface area contributed by atoms with Gasteiger partial charge < -0.3 is 20.4 Å². The Morgan fingerprint density at radius 1 is 1.53 bits per heavy atom. The Bertz CT molecular complexity index is 283. The third-order valence-electron chi connectivity index (χ3n) is 2.92. The van der Waals surface area contributed by atoms with Crippen molar-refractivity contribution in [2.75, 3.05) is 19.7 Å². The van der Waals surface area contributed by atoms with Gasteiger partial charge in [-0.05, 0) is 25.7 Å². The van der Waals surface area contributed by atoms with E-state index in [0.717, 1.165) is 12.8 Å². The number of amides is 2. The van der Waals surface area contributed by atoms with Gasteiger partial charge in [-0.25, -0.2) is 4.79 Å². The van der Waals surface area contributed by atoms with Crippen LogP contribution in [0, 0.1) is 5.92 Å². The first kappa shape index (κ1) is 13.8. The number of hydrogen-bond acceptors (Lipinski definition) is 3. The first-order valence-electron chi connectivity index (χ1n) is 5.91. The third kappa shape index (κ3) is 4.60. The van der Waals surface area contributed by atoms with E-state index in [9.17, 15) is 9.59 Å². The number of aliphatic hydroxyl groups is 1. The first-order chi connectivity index (χ1) is 8.02. The van der Waals surface area contributed by atoms with E-state index in [1.165, 1.54) is 0 Å². The molecular formula is C11H20N2O4. The Kier molecular flexibility index (Phi) is 5.21. The van der Waals surface area contributed by atoms with Crippen molar-refractivity contribution in [3.8, 4) is 0 Å². The van der Waals surface area contributed by atoms with Gasteiger partial charge in [0.25, 0.3) is 0 Å². The Morgan fingerprint density at radius 2 is 2.24 bits per heavy atom. The summed E-state index contributed by atoms with van der Waals surface area (Å²) in [5.74, 6) is -0.783. The van der Waals surface area contributed by atoms with Gasteiger partial charge in [-0.3, -0.25) is 4.79 Å². The molecule has 1 rings (SSSR count). The van der Waals surface area contributed by atoms with Crippen molar-refractivity contribution >= 4 is 12.0 Å². The summed E-state index contributed by atoms with van der Waals surface area (Å²) in [5, 5.41) is 20.3. The zero-order chi connectivity index (χ0) is 12.8. The molecule has 0 aromatic heterocycles. The van der Waals surface area contributed by atoms with E-state index in [-0.39, 0.29) is 31.0 Å². The van der Waals surface area contributed by atoms with Crippen LogP contribution in [-0.4, -0.2) is 52.9 Å². The molecule has 2 atom stereocenters. The zero-order valence-corrected chi connectivity index (χ0v) is 10.1. The minimum absolute atomic E-state index is 0.0803. The maximum Gasteiger partial charge on any atom is 0.317 e. The molecule has 0 aromatic rings. The molecule has 6 nitrogen and oxygen atoms in total. The lowest BCUT2D eigenvalue weighted by Gasteiger charge is -2.32. The standard InChI is InChI=1S/C11H20N2O4/c1-8(5-10(15)16)12-11(17)13-4-2-3-9(6-13)7-14/h8-9,14H,2-7H2,1H3,(H,12,17)(H,15,16). The van der Waals surface area contributed by atoms with Crippen molar-refractivity contribution < 1.29 is 19.8 Å². The molecule has 1 saturated heterocycles. The van der Waals surface area contributed by atoms with Crippen molar-refractivity contribution in [3.05, 3.63) is 0 Å². The average molecular weight is 244 g/mol. The minimum Gasteiger partial charge on any atom is -0.481 e. The number of carboxylic acid groups (broad SMARTS) is 1. The maximum absolute atomic E-state index is 11.8. The average Bonchev–Trinajstić information content (AvgIpc) is 2.27. The molecule has 0 bridgehead atoms. The molecule has 2 unspecified atom stereocenters. The largest absolute Gasteiger partial charge is 0.481 e. The van der Waals surface area contributed by atoms with E-state index in [1.807, 2.05) is 0 Å². The molecular weight excluding hydrogens is 224 g/mol. The van der Waals surface area contributed by atoms with E-state index in [0.29, 0.717) is 13.1 Å². The van der Waals surface area contributed by atoms with Gasteiger partial charge in [0.2, 0.25) is 0 Å². The zero-order valence-electron chi connectivity index (χ0n) is 10.1. The van der Waals surface area contributed by atoms with Crippen molar-refractivity contribution in [3.63, 3.8) is 0 Å². The van der Waals surface area contributed by atoms with Crippen LogP contribution in [0.25, 0.3) is 0 Å². The van der Waals surface area contributed by atoms with Gasteiger partial charge in [0.05, 0.1) is 6.42 Å². The van der Waals surface area contributed by atoms with E-state index in [2.05, 4.69) is 5.32 Å². The number of rotatable bonds is 4. The van der Waals surface area contributed by atoms with E-state index in [1.54, 1.807) is 11.8 Å². The number of piperidine rings is 1. The predicted molar refractivity (Wildman–Crippen MR) is 61.6 cm³/mol. The second kappa shape index (κ2) is 6.44. The SMILES string of the molecule is CC(CC(=O)O)NC(=O)N1CCCC(CO)C1. The summed E-state index contributed by atoms with van der Waals surface area (Å²) in [4.78, 5) is 23.9. The number of urea groups is 1. The third-order valence-corrected chi connectivity index (χ3v) is 2.92. The summed E-state index contributed by atoms with van der Waals surface area (Å²) < 4.78 is 0. The molecule has 1 fully saturated rings. The van der Waals surface area contributed by atoms with Gasteiger partial charge in [-0.1, -0.05) is 0 Å². The normalized spacial score (nSPS) is 22.0. The molecule has 1 aliphatic heterocycles. The Morgan fingerprint density at radius 3 is 2.82 bits per heavy atom. The summed E-state index contributed by atoms with van der Waals surface area (Å²) in [6, 6.07) is -0.619. The molecule has 6 heteroatoms. The number of nitrogens with one attached hydrogen (secondary N) is 1. The van der Waals surface area contributed by atoms with Crippen LogP contribution in [0.4, 0.5) is 4.79 Å². The van der Waals surface area contributed by atoms with Crippen LogP contribution in [0.3, 0.4) is 0 Å². The van der Waals surface area contributed by atoms with Crippen LogP contribution in [0.15, 0.2) is 0 Å². The molecule has 0 spiro atoms. The fourth-order valence-electron chi connectivity index (χ4n) is 2.01. The van der Waals surface area contributed by atoms with Crippen LogP contribution < -0.4 is 5.32 Å². The minimum atomic E-state index is -0.926. The van der Waals surface area contributed by atoms with Gasteiger partial charge in [-0.2, -0.15) is 0 Å². The number of nitrogens with zero attached hydrogens (tertiary/aromatic N) is 1. The molecule has 0 saturated carbocycles. The lowest BCUT2D eigenvalue weighted by Crippen LogP contribution is -2.48. The number of carbonyl (C=O) groups is 2. The lowest BCUT2D eigenvalue weighted by molar-refractivity contribution is -0.137. The smallest absolute Gasteiger partial charge is 0.317 e. The van der Waals surface area contributed by atoms with Gasteiger partial charge in [0.1, 0.15) is 0 Å². The van der Waals surface area contributed by atoms with Crippen LogP contribution in [0.2, 0.25) is 0 Å². The molecule has 17 heavy (non-hydrogen) atoms. The predicted octanol–water partition coefficient (Wildman–Crippen LogP) is 0.263. The van der Waals surface area contributed by atoms with Crippen LogP contribution in [0.5, 0.6) is 0 Å². The van der Waals surface area contributed by atoms with Crippen molar-refractivity contribution in [2.45, 2.75) is 32.2 Å². The molecule has 0 radical (unpaired) electrons. The van der Waals surface area contributed by atoms with Crippen molar-refractivity contribution in [1.82, 2.24) is 10.2 Å². The molecule has 0 aromatic carbocycles. The number of carboxylic acids is 1. The number of aliphatic carboxylic acids is 1. The Hall–Kier alpha value is -1.30. The number of aliphatic hydroxyl groups excluding tert-OH is 1. The van der Waals surface area contributed by atoms with Gasteiger partial charge >= 0.3 is 12.0 Å². The lowest BCUT2D eigenvalue weighted by atomic mass is 9.99. The van der Waals surface area contributed by atoms with Gasteiger partial charge in [0.15, 0.2) is 0 Å². The van der Waals surface area contributed by atoms with Crippen LogP contribution >= 0.6 is 0 Å². The molecule has 98 valence electrons. The quantitative estimate of drug-likeness (QED) is 0.662. The molecule has 3 N–H and O–H groups in total. The summed E-state index contributed by atoms with van der Waals surface area (Å²) >= 11 is 0. The van der Waals surface area contributed by atoms with E-state index < -0.39 is 5.97 Å². The van der Waals surface area contributed by atoms with E-state index in [4.69, 9.17) is 10.2 Å². The van der Waals surface area contributed by atoms with Crippen molar-refractivity contribution in [1.29, 1.82) is 0 Å². The number of carbonyl (C=O) groups excluding carboxylic acids is 1.